The molecule has 4 fully saturated rings. The molecule has 0 radical (unpaired) electrons. The van der Waals surface area contributed by atoms with Crippen LogP contribution < -0.4 is 0 Å². The fourth-order valence-corrected chi connectivity index (χ4v) is 11.1. The maximum atomic E-state index is 11.6. The van der Waals surface area contributed by atoms with Gasteiger partial charge in [0.2, 0.25) is 0 Å². The maximum Gasteiger partial charge on any atom is 0.264 e. The van der Waals surface area contributed by atoms with Gasteiger partial charge >= 0.3 is 0 Å². The predicted molar refractivity (Wildman–Crippen MR) is 190 cm³/mol. The van der Waals surface area contributed by atoms with Crippen LogP contribution in [0.4, 0.5) is 0 Å². The SMILES string of the molecule is C[C@H](CCCOS(C)(=O)=O)C1CC[C@H]2C3C(OCCCN=[N+]=[N-])CC4C[C@H](OCCCN=[N+]=[N-])CC[C@]4(C)[C@H]3CC(OCCCN=[N+]=[N-])[C@]12C. The van der Waals surface area contributed by atoms with Gasteiger partial charge in [-0.2, -0.15) is 8.42 Å². The van der Waals surface area contributed by atoms with Crippen LogP contribution in [0.3, 0.4) is 0 Å². The van der Waals surface area contributed by atoms with E-state index in [0.29, 0.717) is 101 Å². The zero-order valence-corrected chi connectivity index (χ0v) is 31.3. The molecule has 0 spiro atoms. The minimum absolute atomic E-state index is 0.0397. The number of azide groups is 3. The first-order valence-corrected chi connectivity index (χ1v) is 20.5. The van der Waals surface area contributed by atoms with Crippen molar-refractivity contribution < 1.29 is 26.8 Å². The molecule has 0 aromatic rings. The molecule has 0 aromatic heterocycles. The number of ether oxygens (including phenoxy) is 3. The smallest absolute Gasteiger partial charge is 0.264 e. The van der Waals surface area contributed by atoms with Gasteiger partial charge in [-0.05, 0) is 135 Å². The Bertz CT molecular complexity index is 1350. The molecule has 0 aliphatic heterocycles. The zero-order valence-electron chi connectivity index (χ0n) is 30.5. The van der Waals surface area contributed by atoms with E-state index in [2.05, 4.69) is 50.8 Å². The van der Waals surface area contributed by atoms with E-state index in [9.17, 15) is 8.42 Å². The fourth-order valence-electron chi connectivity index (χ4n) is 10.7. The Morgan fingerprint density at radius 2 is 1.40 bits per heavy atom. The van der Waals surface area contributed by atoms with Crippen molar-refractivity contribution in [1.82, 2.24) is 0 Å². The summed E-state index contributed by atoms with van der Waals surface area (Å²) in [5, 5.41) is 11.1. The third-order valence-corrected chi connectivity index (χ3v) is 13.5. The van der Waals surface area contributed by atoms with Crippen molar-refractivity contribution in [3.8, 4) is 0 Å². The number of nitrogens with zero attached hydrogens (tertiary/aromatic N) is 9. The van der Waals surface area contributed by atoms with Crippen molar-refractivity contribution in [2.24, 2.45) is 61.7 Å². The minimum Gasteiger partial charge on any atom is -0.378 e. The molecule has 15 nitrogen and oxygen atoms in total. The molecule has 0 amide bonds. The van der Waals surface area contributed by atoms with Gasteiger partial charge in [-0.15, -0.1) is 0 Å². The Labute approximate surface area is 297 Å². The van der Waals surface area contributed by atoms with Crippen molar-refractivity contribution in [3.05, 3.63) is 31.3 Å². The van der Waals surface area contributed by atoms with E-state index in [1.165, 1.54) is 0 Å². The van der Waals surface area contributed by atoms with E-state index < -0.39 is 10.1 Å². The molecule has 5 unspecified atom stereocenters. The number of fused-ring (bicyclic) bond motifs is 5. The summed E-state index contributed by atoms with van der Waals surface area (Å²) in [6.45, 7) is 10.4. The van der Waals surface area contributed by atoms with Gasteiger partial charge in [0.1, 0.15) is 0 Å². The van der Waals surface area contributed by atoms with Crippen LogP contribution >= 0.6 is 0 Å². The number of hydrogen-bond acceptors (Lipinski definition) is 9. The van der Waals surface area contributed by atoms with Crippen LogP contribution in [0.5, 0.6) is 0 Å². The highest BCUT2D eigenvalue weighted by Gasteiger charge is 2.66. The van der Waals surface area contributed by atoms with E-state index in [-0.39, 0.29) is 35.7 Å². The molecule has 0 bridgehead atoms. The lowest BCUT2D eigenvalue weighted by Crippen LogP contribution is -2.63. The standard InChI is InChI=1S/C34H59N9O6S/c1-24(9-5-20-49-50(4,44)45)27-10-11-28-32-29(23-31(34(27,28)3)48-19-8-16-40-43-37)33(2)13-12-26(46-17-6-14-38-41-35)21-25(33)22-30(32)47-18-7-15-39-42-36/h24-32H,5-23H2,1-4H3/t24-,25?,26-,27?,28+,29+,30?,31?,32?,33+,34-/m1/s1. The molecule has 4 aliphatic rings. The lowest BCUT2D eigenvalue weighted by molar-refractivity contribution is -0.227. The normalized spacial score (nSPS) is 35.4. The van der Waals surface area contributed by atoms with Gasteiger partial charge in [0.05, 0.1) is 31.2 Å². The first-order valence-electron chi connectivity index (χ1n) is 18.7. The van der Waals surface area contributed by atoms with E-state index in [4.69, 9.17) is 35.0 Å². The second-order valence-electron chi connectivity index (χ2n) is 15.6. The Morgan fingerprint density at radius 3 is 2.02 bits per heavy atom. The lowest BCUT2D eigenvalue weighted by Gasteiger charge is -2.65. The summed E-state index contributed by atoms with van der Waals surface area (Å²) < 4.78 is 48.3. The summed E-state index contributed by atoms with van der Waals surface area (Å²) >= 11 is 0. The third kappa shape index (κ3) is 9.98. The first-order chi connectivity index (χ1) is 24.0. The minimum atomic E-state index is -3.47. The van der Waals surface area contributed by atoms with Gasteiger partial charge in [-0.3, -0.25) is 4.18 Å². The summed E-state index contributed by atoms with van der Waals surface area (Å²) in [6, 6.07) is 0. The first kappa shape index (κ1) is 40.5. The molecular weight excluding hydrogens is 662 g/mol. The quantitative estimate of drug-likeness (QED) is 0.0371. The molecule has 282 valence electrons. The Morgan fingerprint density at radius 1 is 0.780 bits per heavy atom. The van der Waals surface area contributed by atoms with Crippen LogP contribution in [0.1, 0.15) is 97.8 Å². The number of hydrogen-bond donors (Lipinski definition) is 0. The van der Waals surface area contributed by atoms with E-state index in [0.717, 1.165) is 57.6 Å². The van der Waals surface area contributed by atoms with Crippen molar-refractivity contribution in [2.45, 2.75) is 116 Å². The highest BCUT2D eigenvalue weighted by molar-refractivity contribution is 7.85. The summed E-state index contributed by atoms with van der Waals surface area (Å²) in [5.41, 5.74) is 26.3. The van der Waals surface area contributed by atoms with Gasteiger partial charge in [0, 0.05) is 59.6 Å². The highest BCUT2D eigenvalue weighted by Crippen LogP contribution is 2.69. The molecular formula is C34H59N9O6S. The topological polar surface area (TPSA) is 217 Å². The van der Waals surface area contributed by atoms with Gasteiger partial charge in [0.25, 0.3) is 10.1 Å². The van der Waals surface area contributed by atoms with Crippen molar-refractivity contribution >= 4 is 10.1 Å². The summed E-state index contributed by atoms with van der Waals surface area (Å²) in [5.74, 6) is 2.38. The molecule has 50 heavy (non-hydrogen) atoms. The second kappa shape index (κ2) is 19.0. The summed E-state index contributed by atoms with van der Waals surface area (Å²) in [7, 11) is -3.47. The largest absolute Gasteiger partial charge is 0.378 e. The molecule has 0 aromatic carbocycles. The molecule has 4 rings (SSSR count). The van der Waals surface area contributed by atoms with E-state index >= 15 is 0 Å². The Hall–Kier alpha value is -2.28. The average molecular weight is 722 g/mol. The third-order valence-electron chi connectivity index (χ3n) is 12.9. The van der Waals surface area contributed by atoms with Crippen molar-refractivity contribution in [1.29, 1.82) is 0 Å². The van der Waals surface area contributed by atoms with Crippen molar-refractivity contribution in [2.75, 3.05) is 52.3 Å². The molecule has 11 atom stereocenters. The monoisotopic (exact) mass is 721 g/mol. The van der Waals surface area contributed by atoms with Gasteiger partial charge in [0.15, 0.2) is 0 Å². The van der Waals surface area contributed by atoms with Gasteiger partial charge < -0.3 is 14.2 Å². The van der Waals surface area contributed by atoms with Crippen LogP contribution in [0.15, 0.2) is 15.3 Å². The Balaban J connectivity index is 1.59. The maximum absolute atomic E-state index is 11.6. The second-order valence-corrected chi connectivity index (χ2v) is 17.3. The van der Waals surface area contributed by atoms with Gasteiger partial charge in [-0.1, -0.05) is 36.1 Å². The molecule has 0 heterocycles. The molecule has 0 saturated heterocycles. The molecule has 16 heteroatoms. The van der Waals surface area contributed by atoms with Crippen LogP contribution in [-0.2, 0) is 28.5 Å². The highest BCUT2D eigenvalue weighted by atomic mass is 32.2. The summed E-state index contributed by atoms with van der Waals surface area (Å²) in [6.07, 6.45) is 12.2. The van der Waals surface area contributed by atoms with E-state index in [1.54, 1.807) is 0 Å². The molecule has 4 saturated carbocycles. The van der Waals surface area contributed by atoms with Crippen LogP contribution in [0.2, 0.25) is 0 Å². The van der Waals surface area contributed by atoms with Gasteiger partial charge in [-0.25, -0.2) is 0 Å². The fraction of sp³-hybridized carbons (Fsp3) is 1.00. The van der Waals surface area contributed by atoms with Crippen LogP contribution in [-0.4, -0.2) is 79.0 Å². The van der Waals surface area contributed by atoms with Crippen LogP contribution in [0, 0.1) is 46.3 Å². The number of rotatable bonds is 21. The zero-order chi connectivity index (χ0) is 36.2. The molecule has 0 N–H and O–H groups in total. The average Bonchev–Trinajstić information content (AvgIpc) is 3.44. The van der Waals surface area contributed by atoms with E-state index in [1.807, 2.05) is 0 Å². The summed E-state index contributed by atoms with van der Waals surface area (Å²) in [4.78, 5) is 8.70. The van der Waals surface area contributed by atoms with Crippen molar-refractivity contribution in [3.63, 3.8) is 0 Å². The predicted octanol–water partition coefficient (Wildman–Crippen LogP) is 8.51. The van der Waals surface area contributed by atoms with Crippen LogP contribution in [0.25, 0.3) is 31.3 Å². The Kier molecular flexibility index (Phi) is 15.4. The lowest BCUT2D eigenvalue weighted by atomic mass is 9.43. The molecule has 4 aliphatic carbocycles.